The third-order valence-electron chi connectivity index (χ3n) is 2.53. The Bertz CT molecular complexity index is 619. The highest BCUT2D eigenvalue weighted by Crippen LogP contribution is 2.19. The summed E-state index contributed by atoms with van der Waals surface area (Å²) < 4.78 is 1.57. The predicted octanol–water partition coefficient (Wildman–Crippen LogP) is 2.43. The number of pyridine rings is 1. The summed E-state index contributed by atoms with van der Waals surface area (Å²) in [5.74, 6) is -0.243. The van der Waals surface area contributed by atoms with Crippen molar-refractivity contribution < 1.29 is 4.79 Å². The highest BCUT2D eigenvalue weighted by atomic mass is 35.5. The number of aromatic nitrogens is 3. The minimum atomic E-state index is -0.243. The summed E-state index contributed by atoms with van der Waals surface area (Å²) in [6.07, 6.45) is 6.29. The van der Waals surface area contributed by atoms with Gasteiger partial charge in [-0.2, -0.15) is 5.10 Å². The van der Waals surface area contributed by atoms with Crippen LogP contribution in [0.4, 0.5) is 5.69 Å². The highest BCUT2D eigenvalue weighted by Gasteiger charge is 2.08. The number of hydrogen-bond acceptors (Lipinski definition) is 3. The van der Waals surface area contributed by atoms with Crippen molar-refractivity contribution in [2.45, 2.75) is 6.92 Å². The molecular formula is C13H13ClN4O. The number of aryl methyl sites for hydroxylation is 2. The van der Waals surface area contributed by atoms with Crippen LogP contribution in [0.1, 0.15) is 11.3 Å². The monoisotopic (exact) mass is 276 g/mol. The Balaban J connectivity index is 2.08. The lowest BCUT2D eigenvalue weighted by Gasteiger charge is -1.99. The molecule has 0 radical (unpaired) electrons. The van der Waals surface area contributed by atoms with Crippen molar-refractivity contribution in [3.05, 3.63) is 47.0 Å². The summed E-state index contributed by atoms with van der Waals surface area (Å²) >= 11 is 6.07. The van der Waals surface area contributed by atoms with E-state index in [2.05, 4.69) is 15.4 Å². The number of carbonyl (C=O) groups excluding carboxylic acids is 1. The molecule has 2 rings (SSSR count). The number of carbonyl (C=O) groups is 1. The van der Waals surface area contributed by atoms with E-state index in [1.165, 1.54) is 6.08 Å². The summed E-state index contributed by atoms with van der Waals surface area (Å²) in [6.45, 7) is 1.84. The largest absolute Gasteiger partial charge is 0.321 e. The van der Waals surface area contributed by atoms with Crippen molar-refractivity contribution >= 4 is 29.3 Å². The molecule has 0 unspecified atom stereocenters. The zero-order valence-corrected chi connectivity index (χ0v) is 11.3. The topological polar surface area (TPSA) is 59.8 Å². The Hall–Kier alpha value is -2.14. The van der Waals surface area contributed by atoms with Gasteiger partial charge in [-0.1, -0.05) is 11.6 Å². The van der Waals surface area contributed by atoms with Gasteiger partial charge in [-0.05, 0) is 25.1 Å². The standard InChI is InChI=1S/C13H13ClN4O/c1-9-11(13(14)18(2)17-9)5-6-12(19)16-10-4-3-7-15-8-10/h3-8H,1-2H3,(H,16,19)/b6-5+. The van der Waals surface area contributed by atoms with E-state index >= 15 is 0 Å². The van der Waals surface area contributed by atoms with Crippen LogP contribution in [0.2, 0.25) is 5.15 Å². The molecule has 0 atom stereocenters. The molecule has 0 bridgehead atoms. The van der Waals surface area contributed by atoms with Crippen LogP contribution < -0.4 is 5.32 Å². The lowest BCUT2D eigenvalue weighted by Crippen LogP contribution is -2.07. The Morgan fingerprint density at radius 2 is 2.32 bits per heavy atom. The van der Waals surface area contributed by atoms with Gasteiger partial charge in [0, 0.05) is 24.9 Å². The second-order valence-electron chi connectivity index (χ2n) is 3.98. The number of halogens is 1. The third-order valence-corrected chi connectivity index (χ3v) is 2.97. The average Bonchev–Trinajstić information content (AvgIpc) is 2.62. The quantitative estimate of drug-likeness (QED) is 0.876. The number of nitrogens with one attached hydrogen (secondary N) is 1. The van der Waals surface area contributed by atoms with Crippen LogP contribution in [0.3, 0.4) is 0 Å². The van der Waals surface area contributed by atoms with Gasteiger partial charge in [0.2, 0.25) is 5.91 Å². The molecular weight excluding hydrogens is 264 g/mol. The van der Waals surface area contributed by atoms with Crippen molar-refractivity contribution in [2.24, 2.45) is 7.05 Å². The molecule has 5 nitrogen and oxygen atoms in total. The van der Waals surface area contributed by atoms with Crippen LogP contribution >= 0.6 is 11.6 Å². The lowest BCUT2D eigenvalue weighted by atomic mass is 10.2. The lowest BCUT2D eigenvalue weighted by molar-refractivity contribution is -0.111. The fourth-order valence-corrected chi connectivity index (χ4v) is 1.85. The van der Waals surface area contributed by atoms with E-state index in [1.807, 2.05) is 6.92 Å². The Morgan fingerprint density at radius 3 is 2.89 bits per heavy atom. The first kappa shape index (κ1) is 13.3. The zero-order valence-electron chi connectivity index (χ0n) is 10.6. The molecule has 1 amide bonds. The normalized spacial score (nSPS) is 10.9. The van der Waals surface area contributed by atoms with Gasteiger partial charge in [-0.15, -0.1) is 0 Å². The minimum absolute atomic E-state index is 0.243. The van der Waals surface area contributed by atoms with Crippen LogP contribution in [0.15, 0.2) is 30.6 Å². The van der Waals surface area contributed by atoms with E-state index < -0.39 is 0 Å². The van der Waals surface area contributed by atoms with Crippen LogP contribution in [-0.4, -0.2) is 20.7 Å². The van der Waals surface area contributed by atoms with Crippen LogP contribution in [-0.2, 0) is 11.8 Å². The predicted molar refractivity (Wildman–Crippen MR) is 74.9 cm³/mol. The maximum Gasteiger partial charge on any atom is 0.248 e. The zero-order chi connectivity index (χ0) is 13.8. The number of anilines is 1. The smallest absolute Gasteiger partial charge is 0.248 e. The maximum absolute atomic E-state index is 11.7. The van der Waals surface area contributed by atoms with E-state index in [1.54, 1.807) is 42.3 Å². The molecule has 0 aromatic carbocycles. The minimum Gasteiger partial charge on any atom is -0.321 e. The molecule has 0 aliphatic heterocycles. The molecule has 98 valence electrons. The van der Waals surface area contributed by atoms with E-state index in [-0.39, 0.29) is 5.91 Å². The van der Waals surface area contributed by atoms with Crippen molar-refractivity contribution in [1.82, 2.24) is 14.8 Å². The van der Waals surface area contributed by atoms with Crippen molar-refractivity contribution in [3.63, 3.8) is 0 Å². The van der Waals surface area contributed by atoms with Crippen molar-refractivity contribution in [3.8, 4) is 0 Å². The highest BCUT2D eigenvalue weighted by molar-refractivity contribution is 6.31. The number of rotatable bonds is 3. The second kappa shape index (κ2) is 5.67. The molecule has 0 aliphatic carbocycles. The van der Waals surface area contributed by atoms with Crippen LogP contribution in [0.25, 0.3) is 6.08 Å². The first-order valence-electron chi connectivity index (χ1n) is 5.66. The Labute approximate surface area is 115 Å². The number of nitrogens with zero attached hydrogens (tertiary/aromatic N) is 3. The number of hydrogen-bond donors (Lipinski definition) is 1. The molecule has 0 aliphatic rings. The molecule has 1 N–H and O–H groups in total. The van der Waals surface area contributed by atoms with E-state index in [4.69, 9.17) is 11.6 Å². The van der Waals surface area contributed by atoms with Crippen LogP contribution in [0, 0.1) is 6.92 Å². The fraction of sp³-hybridized carbons (Fsp3) is 0.154. The molecule has 0 fully saturated rings. The third kappa shape index (κ3) is 3.20. The molecule has 6 heteroatoms. The van der Waals surface area contributed by atoms with Gasteiger partial charge < -0.3 is 5.32 Å². The van der Waals surface area contributed by atoms with Gasteiger partial charge in [0.05, 0.1) is 17.6 Å². The first-order valence-corrected chi connectivity index (χ1v) is 6.04. The molecule has 0 saturated carbocycles. The summed E-state index contributed by atoms with van der Waals surface area (Å²) in [7, 11) is 1.75. The molecule has 2 aromatic rings. The molecule has 2 aromatic heterocycles. The van der Waals surface area contributed by atoms with Gasteiger partial charge in [-0.25, -0.2) is 0 Å². The Kier molecular flexibility index (Phi) is 3.97. The Morgan fingerprint density at radius 1 is 1.53 bits per heavy atom. The van der Waals surface area contributed by atoms with Crippen molar-refractivity contribution in [1.29, 1.82) is 0 Å². The van der Waals surface area contributed by atoms with E-state index in [0.717, 1.165) is 11.3 Å². The van der Waals surface area contributed by atoms with Crippen molar-refractivity contribution in [2.75, 3.05) is 5.32 Å². The summed E-state index contributed by atoms with van der Waals surface area (Å²) in [6, 6.07) is 3.52. The molecule has 0 spiro atoms. The van der Waals surface area contributed by atoms with Gasteiger partial charge >= 0.3 is 0 Å². The van der Waals surface area contributed by atoms with Gasteiger partial charge in [0.15, 0.2) is 0 Å². The van der Waals surface area contributed by atoms with E-state index in [9.17, 15) is 4.79 Å². The summed E-state index contributed by atoms with van der Waals surface area (Å²) in [5.41, 5.74) is 2.16. The molecule has 19 heavy (non-hydrogen) atoms. The van der Waals surface area contributed by atoms with E-state index in [0.29, 0.717) is 10.8 Å². The number of amides is 1. The van der Waals surface area contributed by atoms with Gasteiger partial charge in [-0.3, -0.25) is 14.5 Å². The maximum atomic E-state index is 11.7. The SMILES string of the molecule is Cc1nn(C)c(Cl)c1/C=C/C(=O)Nc1cccnc1. The molecule has 2 heterocycles. The van der Waals surface area contributed by atoms with Crippen LogP contribution in [0.5, 0.6) is 0 Å². The first-order chi connectivity index (χ1) is 9.08. The average molecular weight is 277 g/mol. The van der Waals surface area contributed by atoms with Gasteiger partial charge in [0.1, 0.15) is 5.15 Å². The second-order valence-corrected chi connectivity index (χ2v) is 4.34. The fourth-order valence-electron chi connectivity index (χ4n) is 1.62. The van der Waals surface area contributed by atoms with Gasteiger partial charge in [0.25, 0.3) is 0 Å². The molecule has 0 saturated heterocycles. The summed E-state index contributed by atoms with van der Waals surface area (Å²) in [4.78, 5) is 15.6. The summed E-state index contributed by atoms with van der Waals surface area (Å²) in [5, 5.41) is 7.37.